The Morgan fingerprint density at radius 3 is 3.11 bits per heavy atom. The number of anilines is 2. The molecule has 0 amide bonds. The number of aromatic nitrogens is 2. The van der Waals surface area contributed by atoms with E-state index in [9.17, 15) is 5.11 Å². The summed E-state index contributed by atoms with van der Waals surface area (Å²) in [5.74, 6) is 1.50. The van der Waals surface area contributed by atoms with Crippen LogP contribution in [-0.4, -0.2) is 34.3 Å². The topological polar surface area (TPSA) is 75.3 Å². The molecule has 18 heavy (non-hydrogen) atoms. The molecule has 1 aliphatic heterocycles. The predicted octanol–water partition coefficient (Wildman–Crippen LogP) is 1.48. The van der Waals surface area contributed by atoms with Crippen LogP contribution in [0.25, 0.3) is 10.2 Å². The molecule has 0 aliphatic carbocycles. The predicted molar refractivity (Wildman–Crippen MR) is 73.8 cm³/mol. The van der Waals surface area contributed by atoms with Gasteiger partial charge in [-0.3, -0.25) is 0 Å². The molecular formula is C12H16N4OS. The van der Waals surface area contributed by atoms with E-state index in [4.69, 9.17) is 5.73 Å². The van der Waals surface area contributed by atoms with Crippen LogP contribution >= 0.6 is 11.3 Å². The first-order valence-electron chi connectivity index (χ1n) is 6.09. The first-order valence-corrected chi connectivity index (χ1v) is 6.97. The van der Waals surface area contributed by atoms with Gasteiger partial charge in [0.2, 0.25) is 5.95 Å². The van der Waals surface area contributed by atoms with Crippen molar-refractivity contribution in [2.75, 3.05) is 23.7 Å². The van der Waals surface area contributed by atoms with Gasteiger partial charge in [0.1, 0.15) is 10.6 Å². The number of nitrogen functional groups attached to an aromatic ring is 1. The van der Waals surface area contributed by atoms with Crippen molar-refractivity contribution >= 4 is 33.3 Å². The number of nitrogens with two attached hydrogens (primary N) is 1. The molecule has 1 saturated heterocycles. The average molecular weight is 264 g/mol. The highest BCUT2D eigenvalue weighted by Gasteiger charge is 2.26. The molecule has 2 aromatic rings. The Kier molecular flexibility index (Phi) is 2.83. The second-order valence-corrected chi connectivity index (χ2v) is 5.72. The third kappa shape index (κ3) is 1.91. The van der Waals surface area contributed by atoms with Crippen molar-refractivity contribution in [1.82, 2.24) is 9.97 Å². The van der Waals surface area contributed by atoms with E-state index >= 15 is 0 Å². The zero-order valence-electron chi connectivity index (χ0n) is 10.2. The minimum Gasteiger partial charge on any atom is -0.391 e. The van der Waals surface area contributed by atoms with E-state index in [1.807, 2.05) is 11.4 Å². The van der Waals surface area contributed by atoms with E-state index < -0.39 is 0 Å². The Morgan fingerprint density at radius 1 is 1.50 bits per heavy atom. The lowest BCUT2D eigenvalue weighted by Gasteiger charge is -2.35. The van der Waals surface area contributed by atoms with E-state index in [1.165, 1.54) is 0 Å². The van der Waals surface area contributed by atoms with Crippen LogP contribution in [0.1, 0.15) is 13.3 Å². The molecule has 0 saturated carbocycles. The summed E-state index contributed by atoms with van der Waals surface area (Å²) in [5, 5.41) is 13.0. The second kappa shape index (κ2) is 4.37. The highest BCUT2D eigenvalue weighted by molar-refractivity contribution is 7.16. The molecule has 3 heterocycles. The molecule has 2 unspecified atom stereocenters. The number of fused-ring (bicyclic) bond motifs is 1. The molecule has 1 aliphatic rings. The summed E-state index contributed by atoms with van der Waals surface area (Å²) in [6, 6.07) is 2.01. The number of hydrogen-bond donors (Lipinski definition) is 2. The lowest BCUT2D eigenvalue weighted by molar-refractivity contribution is 0.103. The third-order valence-electron chi connectivity index (χ3n) is 3.54. The van der Waals surface area contributed by atoms with Gasteiger partial charge in [-0.05, 0) is 23.8 Å². The van der Waals surface area contributed by atoms with Crippen molar-refractivity contribution in [2.24, 2.45) is 5.92 Å². The smallest absolute Gasteiger partial charge is 0.223 e. The fourth-order valence-corrected chi connectivity index (χ4v) is 3.10. The van der Waals surface area contributed by atoms with Crippen LogP contribution in [0.15, 0.2) is 11.4 Å². The summed E-state index contributed by atoms with van der Waals surface area (Å²) < 4.78 is 0. The maximum absolute atomic E-state index is 9.99. The normalized spacial score (nSPS) is 24.7. The van der Waals surface area contributed by atoms with Gasteiger partial charge in [0.25, 0.3) is 0 Å². The highest BCUT2D eigenvalue weighted by Crippen LogP contribution is 2.31. The molecule has 3 N–H and O–H groups in total. The van der Waals surface area contributed by atoms with Gasteiger partial charge in [-0.25, -0.2) is 4.98 Å². The Labute approximate surface area is 109 Å². The van der Waals surface area contributed by atoms with Gasteiger partial charge < -0.3 is 15.7 Å². The molecule has 0 aromatic carbocycles. The largest absolute Gasteiger partial charge is 0.391 e. The van der Waals surface area contributed by atoms with E-state index in [2.05, 4.69) is 21.8 Å². The Balaban J connectivity index is 2.01. The summed E-state index contributed by atoms with van der Waals surface area (Å²) in [6.45, 7) is 3.60. The fraction of sp³-hybridized carbons (Fsp3) is 0.500. The van der Waals surface area contributed by atoms with Crippen molar-refractivity contribution in [3.63, 3.8) is 0 Å². The van der Waals surface area contributed by atoms with Gasteiger partial charge in [0.05, 0.1) is 11.5 Å². The summed E-state index contributed by atoms with van der Waals surface area (Å²) in [6.07, 6.45) is 0.667. The zero-order chi connectivity index (χ0) is 12.7. The standard InChI is InChI=1S/C12H16N4OS/c1-7-2-4-16(6-9(7)17)10-8-3-5-18-11(8)15-12(13)14-10/h3,5,7,9,17H,2,4,6H2,1H3,(H2,13,14,15). The van der Waals surface area contributed by atoms with Crippen LogP contribution in [0.3, 0.4) is 0 Å². The second-order valence-electron chi connectivity index (χ2n) is 4.82. The number of piperidine rings is 1. The van der Waals surface area contributed by atoms with Crippen molar-refractivity contribution in [3.05, 3.63) is 11.4 Å². The average Bonchev–Trinajstić information content (AvgIpc) is 2.79. The van der Waals surface area contributed by atoms with Gasteiger partial charge in [0, 0.05) is 13.1 Å². The molecule has 0 radical (unpaired) electrons. The first-order chi connectivity index (χ1) is 8.65. The maximum atomic E-state index is 9.99. The number of rotatable bonds is 1. The van der Waals surface area contributed by atoms with Crippen molar-refractivity contribution in [2.45, 2.75) is 19.4 Å². The molecule has 0 spiro atoms. The molecule has 2 atom stereocenters. The Bertz CT molecular complexity index is 570. The number of nitrogens with zero attached hydrogens (tertiary/aromatic N) is 3. The highest BCUT2D eigenvalue weighted by atomic mass is 32.1. The Morgan fingerprint density at radius 2 is 2.33 bits per heavy atom. The summed E-state index contributed by atoms with van der Waals surface area (Å²) in [5.41, 5.74) is 5.75. The van der Waals surface area contributed by atoms with Crippen LogP contribution in [0.4, 0.5) is 11.8 Å². The summed E-state index contributed by atoms with van der Waals surface area (Å²) >= 11 is 1.56. The summed E-state index contributed by atoms with van der Waals surface area (Å²) in [4.78, 5) is 11.6. The van der Waals surface area contributed by atoms with Crippen LogP contribution in [0.5, 0.6) is 0 Å². The quantitative estimate of drug-likeness (QED) is 0.816. The molecular weight excluding hydrogens is 248 g/mol. The molecule has 2 aromatic heterocycles. The minimum atomic E-state index is -0.302. The number of thiophene rings is 1. The monoisotopic (exact) mass is 264 g/mol. The maximum Gasteiger partial charge on any atom is 0.223 e. The van der Waals surface area contributed by atoms with Crippen LogP contribution in [-0.2, 0) is 0 Å². The Hall–Kier alpha value is -1.40. The summed E-state index contributed by atoms with van der Waals surface area (Å²) in [7, 11) is 0. The van der Waals surface area contributed by atoms with E-state index in [0.29, 0.717) is 18.4 Å². The number of β-amino-alcohol motifs (C(OH)–C–C–N with tert-alkyl or cyclic N) is 1. The van der Waals surface area contributed by atoms with Gasteiger partial charge in [0.15, 0.2) is 0 Å². The van der Waals surface area contributed by atoms with E-state index in [1.54, 1.807) is 11.3 Å². The van der Waals surface area contributed by atoms with Gasteiger partial charge in [-0.15, -0.1) is 11.3 Å². The minimum absolute atomic E-state index is 0.299. The molecule has 0 bridgehead atoms. The lowest BCUT2D eigenvalue weighted by atomic mass is 9.96. The number of aliphatic hydroxyl groups is 1. The molecule has 3 rings (SSSR count). The molecule has 5 nitrogen and oxygen atoms in total. The molecule has 6 heteroatoms. The van der Waals surface area contributed by atoms with Gasteiger partial charge in [-0.1, -0.05) is 6.92 Å². The molecule has 96 valence electrons. The lowest BCUT2D eigenvalue weighted by Crippen LogP contribution is -2.43. The number of hydrogen-bond acceptors (Lipinski definition) is 6. The van der Waals surface area contributed by atoms with E-state index in [-0.39, 0.29) is 6.10 Å². The van der Waals surface area contributed by atoms with Gasteiger partial charge in [-0.2, -0.15) is 4.98 Å². The fourth-order valence-electron chi connectivity index (χ4n) is 2.34. The van der Waals surface area contributed by atoms with Crippen molar-refractivity contribution < 1.29 is 5.11 Å². The van der Waals surface area contributed by atoms with Crippen LogP contribution in [0, 0.1) is 5.92 Å². The third-order valence-corrected chi connectivity index (χ3v) is 4.35. The number of aliphatic hydroxyl groups excluding tert-OH is 1. The van der Waals surface area contributed by atoms with E-state index in [0.717, 1.165) is 29.0 Å². The van der Waals surface area contributed by atoms with Crippen LogP contribution in [0.2, 0.25) is 0 Å². The van der Waals surface area contributed by atoms with Gasteiger partial charge >= 0.3 is 0 Å². The molecule has 1 fully saturated rings. The first kappa shape index (κ1) is 11.7. The van der Waals surface area contributed by atoms with Crippen LogP contribution < -0.4 is 10.6 Å². The SMILES string of the molecule is CC1CCN(c2nc(N)nc3sccc23)CC1O. The van der Waals surface area contributed by atoms with Crippen molar-refractivity contribution in [3.8, 4) is 0 Å². The zero-order valence-corrected chi connectivity index (χ0v) is 11.0. The van der Waals surface area contributed by atoms with Crippen molar-refractivity contribution in [1.29, 1.82) is 0 Å².